The molecule has 3 aliphatic heterocycles. The topological polar surface area (TPSA) is 102 Å². The summed E-state index contributed by atoms with van der Waals surface area (Å²) in [5.41, 5.74) is 0.411. The Bertz CT molecular complexity index is 963. The molecule has 1 N–H and O–H groups in total. The number of hydrogen-bond donors (Lipinski definition) is 1. The van der Waals surface area contributed by atoms with Crippen molar-refractivity contribution in [3.8, 4) is 0 Å². The molecule has 4 rings (SSSR count). The average Bonchev–Trinajstić information content (AvgIpc) is 3.17. The van der Waals surface area contributed by atoms with E-state index in [0.29, 0.717) is 17.1 Å². The maximum atomic E-state index is 13.1. The Kier molecular flexibility index (Phi) is 5.15. The third-order valence-corrected chi connectivity index (χ3v) is 6.71. The maximum absolute atomic E-state index is 13.1. The SMILES string of the molecule is C=C(C)C1Cc2oc(cc2C(=O)OC)C(C(=C)C)C(O)C(N(C)C)C23OC2C1OC3=O. The van der Waals surface area contributed by atoms with Crippen molar-refractivity contribution in [3.05, 3.63) is 47.5 Å². The first-order valence-electron chi connectivity index (χ1n) is 10.3. The van der Waals surface area contributed by atoms with E-state index in [-0.39, 0.29) is 17.9 Å². The zero-order chi connectivity index (χ0) is 22.8. The van der Waals surface area contributed by atoms with Gasteiger partial charge in [0.25, 0.3) is 0 Å². The lowest BCUT2D eigenvalue weighted by Crippen LogP contribution is -2.55. The normalized spacial score (nSPS) is 36.3. The molecule has 0 saturated carbocycles. The molecule has 168 valence electrons. The summed E-state index contributed by atoms with van der Waals surface area (Å²) in [7, 11) is 4.86. The van der Waals surface area contributed by atoms with Crippen LogP contribution in [0.3, 0.4) is 0 Å². The minimum Gasteiger partial charge on any atom is -0.465 e. The third-order valence-electron chi connectivity index (χ3n) is 6.71. The van der Waals surface area contributed by atoms with Crippen LogP contribution < -0.4 is 0 Å². The van der Waals surface area contributed by atoms with Gasteiger partial charge < -0.3 is 28.6 Å². The Hall–Kier alpha value is -2.42. The van der Waals surface area contributed by atoms with Gasteiger partial charge in [-0.05, 0) is 34.0 Å². The number of epoxide rings is 1. The highest BCUT2D eigenvalue weighted by atomic mass is 16.7. The minimum atomic E-state index is -1.27. The molecule has 8 heteroatoms. The van der Waals surface area contributed by atoms with Crippen molar-refractivity contribution in [3.63, 3.8) is 0 Å². The first-order valence-corrected chi connectivity index (χ1v) is 10.3. The van der Waals surface area contributed by atoms with Crippen LogP contribution in [0.25, 0.3) is 0 Å². The summed E-state index contributed by atoms with van der Waals surface area (Å²) in [4.78, 5) is 27.3. The van der Waals surface area contributed by atoms with Crippen LogP contribution in [0.2, 0.25) is 0 Å². The lowest BCUT2D eigenvalue weighted by molar-refractivity contribution is -0.160. The van der Waals surface area contributed by atoms with E-state index in [4.69, 9.17) is 18.6 Å². The minimum absolute atomic E-state index is 0.275. The van der Waals surface area contributed by atoms with Crippen LogP contribution in [0.15, 0.2) is 34.8 Å². The zero-order valence-corrected chi connectivity index (χ0v) is 18.5. The summed E-state index contributed by atoms with van der Waals surface area (Å²) in [6.07, 6.45) is -1.95. The molecule has 2 fully saturated rings. The predicted molar refractivity (Wildman–Crippen MR) is 111 cm³/mol. The van der Waals surface area contributed by atoms with Crippen LogP contribution in [-0.2, 0) is 25.4 Å². The van der Waals surface area contributed by atoms with E-state index >= 15 is 0 Å². The average molecular weight is 431 g/mol. The van der Waals surface area contributed by atoms with Crippen LogP contribution in [0, 0.1) is 5.92 Å². The second-order valence-electron chi connectivity index (χ2n) is 9.06. The van der Waals surface area contributed by atoms with Crippen molar-refractivity contribution >= 4 is 11.9 Å². The standard InChI is InChI=1S/C23H29NO7/c1-10(2)12-8-14-13(21(26)28-7)9-15(29-14)16(11(3)4)17(25)19(24(5)6)23-20(31-23)18(12)30-22(23)27/h9,12,16-20,25H,1,3,8H2,2,4-7H3. The number of furan rings is 1. The van der Waals surface area contributed by atoms with Gasteiger partial charge in [0, 0.05) is 12.3 Å². The van der Waals surface area contributed by atoms with Crippen LogP contribution in [0.1, 0.15) is 41.6 Å². The molecule has 0 radical (unpaired) electrons. The van der Waals surface area contributed by atoms with E-state index in [9.17, 15) is 14.7 Å². The quantitative estimate of drug-likeness (QED) is 0.438. The summed E-state index contributed by atoms with van der Waals surface area (Å²) in [6, 6.07) is 0.886. The fraction of sp³-hybridized carbons (Fsp3) is 0.565. The van der Waals surface area contributed by atoms with E-state index in [2.05, 4.69) is 13.2 Å². The van der Waals surface area contributed by atoms with E-state index in [1.165, 1.54) is 7.11 Å². The van der Waals surface area contributed by atoms with E-state index in [1.807, 2.05) is 6.92 Å². The number of methoxy groups -OCH3 is 1. The molecule has 1 aromatic heterocycles. The van der Waals surface area contributed by atoms with Crippen molar-refractivity contribution in [1.82, 2.24) is 4.90 Å². The van der Waals surface area contributed by atoms with Gasteiger partial charge in [0.1, 0.15) is 29.3 Å². The molecule has 0 amide bonds. The Balaban J connectivity index is 1.93. The van der Waals surface area contributed by atoms with Gasteiger partial charge in [0.15, 0.2) is 0 Å². The summed E-state index contributed by atoms with van der Waals surface area (Å²) >= 11 is 0. The molecule has 31 heavy (non-hydrogen) atoms. The monoisotopic (exact) mass is 431 g/mol. The van der Waals surface area contributed by atoms with Crippen molar-refractivity contribution in [1.29, 1.82) is 0 Å². The molecule has 0 aromatic carbocycles. The van der Waals surface area contributed by atoms with Crippen LogP contribution in [0.4, 0.5) is 0 Å². The molecular weight excluding hydrogens is 402 g/mol. The van der Waals surface area contributed by atoms with Gasteiger partial charge in [-0.3, -0.25) is 0 Å². The van der Waals surface area contributed by atoms with Gasteiger partial charge in [-0.2, -0.15) is 0 Å². The number of rotatable bonds is 4. The van der Waals surface area contributed by atoms with E-state index in [0.717, 1.165) is 5.57 Å². The Morgan fingerprint density at radius 3 is 2.48 bits per heavy atom. The van der Waals surface area contributed by atoms with E-state index < -0.39 is 47.8 Å². The Labute approximate surface area is 181 Å². The predicted octanol–water partition coefficient (Wildman–Crippen LogP) is 1.83. The van der Waals surface area contributed by atoms with Crippen LogP contribution in [-0.4, -0.2) is 73.1 Å². The third kappa shape index (κ3) is 3.08. The number of nitrogens with zero attached hydrogens (tertiary/aromatic N) is 1. The molecule has 0 aliphatic carbocycles. The molecule has 0 spiro atoms. The first kappa shape index (κ1) is 21.8. The molecule has 3 aliphatic rings. The van der Waals surface area contributed by atoms with Crippen molar-refractivity contribution < 1.29 is 33.3 Å². The number of esters is 2. The molecular formula is C23H29NO7. The number of hydrogen-bond acceptors (Lipinski definition) is 8. The molecule has 4 heterocycles. The van der Waals surface area contributed by atoms with Gasteiger partial charge in [-0.1, -0.05) is 24.3 Å². The van der Waals surface area contributed by atoms with Crippen molar-refractivity contribution in [2.45, 2.75) is 56.1 Å². The molecule has 2 saturated heterocycles. The highest BCUT2D eigenvalue weighted by molar-refractivity contribution is 5.91. The lowest BCUT2D eigenvalue weighted by Gasteiger charge is -2.35. The fourth-order valence-corrected chi connectivity index (χ4v) is 5.22. The Morgan fingerprint density at radius 1 is 1.29 bits per heavy atom. The molecule has 7 unspecified atom stereocenters. The van der Waals surface area contributed by atoms with E-state index in [1.54, 1.807) is 32.0 Å². The number of carbonyl (C=O) groups excluding carboxylic acids is 2. The maximum Gasteiger partial charge on any atom is 0.343 e. The molecule has 1 aromatic rings. The summed E-state index contributed by atoms with van der Waals surface area (Å²) in [6.45, 7) is 11.7. The van der Waals surface area contributed by atoms with Crippen molar-refractivity contribution in [2.75, 3.05) is 21.2 Å². The highest BCUT2D eigenvalue weighted by Crippen LogP contribution is 2.55. The number of carbonyl (C=O) groups is 2. The summed E-state index contributed by atoms with van der Waals surface area (Å²) < 4.78 is 22.9. The largest absolute Gasteiger partial charge is 0.465 e. The van der Waals surface area contributed by atoms with Crippen LogP contribution >= 0.6 is 0 Å². The fourth-order valence-electron chi connectivity index (χ4n) is 5.22. The van der Waals surface area contributed by atoms with Gasteiger partial charge in [0.05, 0.1) is 25.2 Å². The van der Waals surface area contributed by atoms with Gasteiger partial charge in [-0.15, -0.1) is 0 Å². The number of aliphatic hydroxyl groups excluding tert-OH is 1. The highest BCUT2D eigenvalue weighted by Gasteiger charge is 2.79. The number of fused-ring (bicyclic) bond motifs is 2. The smallest absolute Gasteiger partial charge is 0.343 e. The number of ether oxygens (including phenoxy) is 3. The van der Waals surface area contributed by atoms with Gasteiger partial charge >= 0.3 is 11.9 Å². The van der Waals surface area contributed by atoms with Crippen molar-refractivity contribution in [2.24, 2.45) is 5.92 Å². The summed E-state index contributed by atoms with van der Waals surface area (Å²) in [5, 5.41) is 11.5. The number of likely N-dealkylation sites (N-methyl/N-ethyl adjacent to an activating group) is 1. The number of aliphatic hydroxyl groups is 1. The molecule has 7 atom stereocenters. The second-order valence-corrected chi connectivity index (χ2v) is 9.06. The molecule has 4 bridgehead atoms. The Morgan fingerprint density at radius 2 is 1.97 bits per heavy atom. The molecule has 8 nitrogen and oxygen atoms in total. The first-order chi connectivity index (χ1) is 14.5. The summed E-state index contributed by atoms with van der Waals surface area (Å²) in [5.74, 6) is -1.24. The lowest BCUT2D eigenvalue weighted by atomic mass is 9.79. The second kappa shape index (κ2) is 7.32. The van der Waals surface area contributed by atoms with Crippen LogP contribution in [0.5, 0.6) is 0 Å². The van der Waals surface area contributed by atoms with Gasteiger partial charge in [-0.25, -0.2) is 9.59 Å². The van der Waals surface area contributed by atoms with Gasteiger partial charge in [0.2, 0.25) is 5.60 Å². The zero-order valence-electron chi connectivity index (χ0n) is 18.5.